The monoisotopic (exact) mass is 253 g/mol. The third kappa shape index (κ3) is 2.82. The fourth-order valence-corrected chi connectivity index (χ4v) is 1.88. The topological polar surface area (TPSA) is 77.2 Å². The molecule has 0 aliphatic rings. The molecule has 2 rings (SSSR count). The second kappa shape index (κ2) is 5.44. The number of thiazole rings is 1. The van der Waals surface area contributed by atoms with E-state index in [0.717, 1.165) is 5.69 Å². The van der Waals surface area contributed by atoms with E-state index in [-0.39, 0.29) is 0 Å². The number of anilines is 1. The maximum Gasteiger partial charge on any atom is 0.360 e. The van der Waals surface area contributed by atoms with Gasteiger partial charge in [0, 0.05) is 6.07 Å². The molecule has 0 unspecified atom stereocenters. The molecular formula is C10H11N3O3S. The molecule has 0 spiro atoms. The van der Waals surface area contributed by atoms with Crippen LogP contribution in [0.15, 0.2) is 22.4 Å². The van der Waals surface area contributed by atoms with Crippen LogP contribution in [-0.4, -0.2) is 22.7 Å². The Hall–Kier alpha value is -1.89. The average molecular weight is 253 g/mol. The first-order valence-corrected chi connectivity index (χ1v) is 5.93. The van der Waals surface area contributed by atoms with E-state index in [4.69, 9.17) is 9.26 Å². The Labute approximate surface area is 102 Å². The van der Waals surface area contributed by atoms with Crippen LogP contribution < -0.4 is 5.32 Å². The highest BCUT2D eigenvalue weighted by Crippen LogP contribution is 2.21. The molecule has 0 atom stereocenters. The molecule has 0 fully saturated rings. The van der Waals surface area contributed by atoms with E-state index in [2.05, 4.69) is 15.5 Å². The highest BCUT2D eigenvalue weighted by atomic mass is 32.1. The van der Waals surface area contributed by atoms with Crippen LogP contribution in [0.5, 0.6) is 0 Å². The summed E-state index contributed by atoms with van der Waals surface area (Å²) in [5.74, 6) is -0.420. The Kier molecular flexibility index (Phi) is 3.71. The molecule has 2 heterocycles. The van der Waals surface area contributed by atoms with E-state index in [1.807, 2.05) is 0 Å². The molecule has 0 radical (unpaired) electrons. The molecule has 2 aromatic rings. The number of hydrogen-bond donors (Lipinski definition) is 1. The number of nitrogens with zero attached hydrogens (tertiary/aromatic N) is 2. The van der Waals surface area contributed by atoms with Crippen LogP contribution in [0.4, 0.5) is 5.00 Å². The van der Waals surface area contributed by atoms with Crippen molar-refractivity contribution in [1.29, 1.82) is 0 Å². The molecule has 0 aromatic carbocycles. The van der Waals surface area contributed by atoms with Crippen LogP contribution in [-0.2, 0) is 11.3 Å². The molecule has 1 N–H and O–H groups in total. The predicted molar refractivity (Wildman–Crippen MR) is 61.9 cm³/mol. The van der Waals surface area contributed by atoms with Crippen LogP contribution in [0.1, 0.15) is 23.1 Å². The number of rotatable bonds is 5. The Morgan fingerprint density at radius 1 is 1.65 bits per heavy atom. The SMILES string of the molecule is CCOC(=O)c1ncsc1NCc1ccon1. The van der Waals surface area contributed by atoms with Crippen molar-refractivity contribution in [2.75, 3.05) is 11.9 Å². The first kappa shape index (κ1) is 11.6. The van der Waals surface area contributed by atoms with Crippen molar-refractivity contribution in [2.45, 2.75) is 13.5 Å². The normalized spacial score (nSPS) is 10.2. The predicted octanol–water partition coefficient (Wildman–Crippen LogP) is 1.92. The van der Waals surface area contributed by atoms with E-state index in [1.54, 1.807) is 18.5 Å². The summed E-state index contributed by atoms with van der Waals surface area (Å²) in [7, 11) is 0. The molecule has 0 aliphatic heterocycles. The minimum Gasteiger partial charge on any atom is -0.461 e. The fourth-order valence-electron chi connectivity index (χ4n) is 1.22. The Balaban J connectivity index is 2.01. The summed E-state index contributed by atoms with van der Waals surface area (Å²) < 4.78 is 9.60. The number of carbonyl (C=O) groups excluding carboxylic acids is 1. The van der Waals surface area contributed by atoms with E-state index in [0.29, 0.717) is 23.8 Å². The molecule has 7 heteroatoms. The van der Waals surface area contributed by atoms with Gasteiger partial charge >= 0.3 is 5.97 Å². The summed E-state index contributed by atoms with van der Waals surface area (Å²) in [5.41, 5.74) is 2.66. The first-order chi connectivity index (χ1) is 8.31. The highest BCUT2D eigenvalue weighted by molar-refractivity contribution is 7.14. The number of hydrogen-bond acceptors (Lipinski definition) is 7. The third-order valence-corrected chi connectivity index (χ3v) is 2.74. The van der Waals surface area contributed by atoms with Gasteiger partial charge in [-0.05, 0) is 6.92 Å². The smallest absolute Gasteiger partial charge is 0.360 e. The molecular weight excluding hydrogens is 242 g/mol. The van der Waals surface area contributed by atoms with Crippen molar-refractivity contribution in [3.8, 4) is 0 Å². The molecule has 2 aromatic heterocycles. The summed E-state index contributed by atoms with van der Waals surface area (Å²) in [6.07, 6.45) is 1.50. The molecule has 0 aliphatic carbocycles. The lowest BCUT2D eigenvalue weighted by Gasteiger charge is -2.03. The lowest BCUT2D eigenvalue weighted by molar-refractivity contribution is 0.0521. The molecule has 90 valence electrons. The largest absolute Gasteiger partial charge is 0.461 e. The number of nitrogens with one attached hydrogen (secondary N) is 1. The van der Waals surface area contributed by atoms with Crippen LogP contribution in [0.3, 0.4) is 0 Å². The molecule has 17 heavy (non-hydrogen) atoms. The fraction of sp³-hybridized carbons (Fsp3) is 0.300. The van der Waals surface area contributed by atoms with Crippen molar-refractivity contribution in [1.82, 2.24) is 10.1 Å². The van der Waals surface area contributed by atoms with Crippen molar-refractivity contribution in [3.05, 3.63) is 29.2 Å². The van der Waals surface area contributed by atoms with Crippen LogP contribution in [0.2, 0.25) is 0 Å². The first-order valence-electron chi connectivity index (χ1n) is 5.05. The van der Waals surface area contributed by atoms with Crippen molar-refractivity contribution >= 4 is 22.3 Å². The van der Waals surface area contributed by atoms with E-state index in [1.165, 1.54) is 17.6 Å². The summed E-state index contributed by atoms with van der Waals surface area (Å²) in [4.78, 5) is 15.5. The molecule has 0 saturated carbocycles. The van der Waals surface area contributed by atoms with Gasteiger partial charge in [-0.2, -0.15) is 0 Å². The maximum atomic E-state index is 11.5. The van der Waals surface area contributed by atoms with Gasteiger partial charge in [-0.3, -0.25) is 0 Å². The Morgan fingerprint density at radius 2 is 2.53 bits per heavy atom. The van der Waals surface area contributed by atoms with E-state index in [9.17, 15) is 4.79 Å². The van der Waals surface area contributed by atoms with Gasteiger partial charge in [-0.15, -0.1) is 11.3 Å². The van der Waals surface area contributed by atoms with Crippen molar-refractivity contribution in [2.24, 2.45) is 0 Å². The highest BCUT2D eigenvalue weighted by Gasteiger charge is 2.15. The molecule has 0 amide bonds. The lowest BCUT2D eigenvalue weighted by atomic mass is 10.4. The van der Waals surface area contributed by atoms with Gasteiger partial charge in [0.1, 0.15) is 17.0 Å². The average Bonchev–Trinajstić information content (AvgIpc) is 2.98. The Morgan fingerprint density at radius 3 is 3.24 bits per heavy atom. The zero-order chi connectivity index (χ0) is 12.1. The number of esters is 1. The molecule has 0 bridgehead atoms. The van der Waals surface area contributed by atoms with Gasteiger partial charge < -0.3 is 14.6 Å². The number of carbonyl (C=O) groups is 1. The minimum absolute atomic E-state index is 0.306. The van der Waals surface area contributed by atoms with Crippen LogP contribution in [0.25, 0.3) is 0 Å². The van der Waals surface area contributed by atoms with Gasteiger partial charge in [-0.1, -0.05) is 5.16 Å². The van der Waals surface area contributed by atoms with Gasteiger partial charge in [0.15, 0.2) is 5.69 Å². The summed E-state index contributed by atoms with van der Waals surface area (Å²) in [6, 6.07) is 1.75. The second-order valence-corrected chi connectivity index (χ2v) is 3.95. The maximum absolute atomic E-state index is 11.5. The van der Waals surface area contributed by atoms with Crippen molar-refractivity contribution in [3.63, 3.8) is 0 Å². The van der Waals surface area contributed by atoms with Gasteiger partial charge in [-0.25, -0.2) is 9.78 Å². The minimum atomic E-state index is -0.420. The number of aromatic nitrogens is 2. The standard InChI is InChI=1S/C10H11N3O3S/c1-2-15-10(14)8-9(17-6-12-8)11-5-7-3-4-16-13-7/h3-4,6,11H,2,5H2,1H3. The Bertz CT molecular complexity index is 481. The zero-order valence-corrected chi connectivity index (χ0v) is 9.99. The summed E-state index contributed by atoms with van der Waals surface area (Å²) in [6.45, 7) is 2.57. The van der Waals surface area contributed by atoms with Crippen LogP contribution >= 0.6 is 11.3 Å². The third-order valence-electron chi connectivity index (χ3n) is 1.96. The van der Waals surface area contributed by atoms with Gasteiger partial charge in [0.05, 0.1) is 18.7 Å². The van der Waals surface area contributed by atoms with Crippen LogP contribution in [0, 0.1) is 0 Å². The second-order valence-electron chi connectivity index (χ2n) is 3.09. The van der Waals surface area contributed by atoms with E-state index >= 15 is 0 Å². The number of ether oxygens (including phenoxy) is 1. The van der Waals surface area contributed by atoms with E-state index < -0.39 is 5.97 Å². The molecule has 0 saturated heterocycles. The van der Waals surface area contributed by atoms with Crippen molar-refractivity contribution < 1.29 is 14.1 Å². The van der Waals surface area contributed by atoms with Gasteiger partial charge in [0.2, 0.25) is 0 Å². The lowest BCUT2D eigenvalue weighted by Crippen LogP contribution is -2.09. The quantitative estimate of drug-likeness (QED) is 0.820. The van der Waals surface area contributed by atoms with Gasteiger partial charge in [0.25, 0.3) is 0 Å². The summed E-state index contributed by atoms with van der Waals surface area (Å²) in [5, 5.41) is 7.50. The molecule has 6 nitrogen and oxygen atoms in total. The summed E-state index contributed by atoms with van der Waals surface area (Å²) >= 11 is 1.34. The zero-order valence-electron chi connectivity index (χ0n) is 9.17.